The van der Waals surface area contributed by atoms with Gasteiger partial charge in [-0.25, -0.2) is 0 Å². The summed E-state index contributed by atoms with van der Waals surface area (Å²) in [6.07, 6.45) is 3.82. The molecule has 21 heavy (non-hydrogen) atoms. The van der Waals surface area contributed by atoms with E-state index in [0.29, 0.717) is 6.10 Å². The maximum absolute atomic E-state index is 5.94. The van der Waals surface area contributed by atoms with E-state index in [9.17, 15) is 0 Å². The Morgan fingerprint density at radius 2 is 1.90 bits per heavy atom. The molecule has 0 saturated carbocycles. The van der Waals surface area contributed by atoms with Gasteiger partial charge in [-0.2, -0.15) is 0 Å². The third-order valence-corrected chi connectivity index (χ3v) is 5.10. The number of benzene rings is 1. The van der Waals surface area contributed by atoms with Gasteiger partial charge >= 0.3 is 0 Å². The molecule has 2 heteroatoms. The summed E-state index contributed by atoms with van der Waals surface area (Å²) in [6.45, 7) is 14.2. The molecule has 1 fully saturated rings. The van der Waals surface area contributed by atoms with Gasteiger partial charge in [-0.3, -0.25) is 0 Å². The van der Waals surface area contributed by atoms with E-state index in [0.717, 1.165) is 32.5 Å². The second kappa shape index (κ2) is 6.93. The van der Waals surface area contributed by atoms with E-state index in [1.807, 2.05) is 0 Å². The van der Waals surface area contributed by atoms with Gasteiger partial charge < -0.3 is 10.1 Å². The molecule has 2 unspecified atom stereocenters. The summed E-state index contributed by atoms with van der Waals surface area (Å²) in [5.41, 5.74) is 6.00. The molecule has 0 spiro atoms. The molecule has 1 aliphatic heterocycles. The molecule has 1 heterocycles. The first-order valence-corrected chi connectivity index (χ1v) is 8.37. The molecule has 2 nitrogen and oxygen atoms in total. The minimum atomic E-state index is 0.250. The van der Waals surface area contributed by atoms with Gasteiger partial charge in [-0.05, 0) is 70.2 Å². The molecule has 1 saturated heterocycles. The Kier molecular flexibility index (Phi) is 5.45. The Morgan fingerprint density at radius 3 is 2.43 bits per heavy atom. The maximum Gasteiger partial charge on any atom is 0.0619 e. The SMILES string of the molecule is CCCNCC1(Cc2c(C)cc(C)cc2C)CCOC1C. The van der Waals surface area contributed by atoms with Crippen LogP contribution in [0.25, 0.3) is 0 Å². The number of nitrogens with one attached hydrogen (secondary N) is 1. The van der Waals surface area contributed by atoms with Gasteiger partial charge in [0.25, 0.3) is 0 Å². The number of aryl methyl sites for hydroxylation is 3. The van der Waals surface area contributed by atoms with Crippen LogP contribution in [0.15, 0.2) is 12.1 Å². The molecule has 2 rings (SSSR count). The number of hydrogen-bond acceptors (Lipinski definition) is 2. The lowest BCUT2D eigenvalue weighted by Gasteiger charge is -2.34. The summed E-state index contributed by atoms with van der Waals surface area (Å²) < 4.78 is 5.94. The van der Waals surface area contributed by atoms with Gasteiger partial charge in [-0.15, -0.1) is 0 Å². The van der Waals surface area contributed by atoms with Gasteiger partial charge in [0.15, 0.2) is 0 Å². The first-order chi connectivity index (χ1) is 9.98. The minimum Gasteiger partial charge on any atom is -0.378 e. The van der Waals surface area contributed by atoms with E-state index in [1.165, 1.54) is 28.7 Å². The van der Waals surface area contributed by atoms with Crippen molar-refractivity contribution in [2.75, 3.05) is 19.7 Å². The maximum atomic E-state index is 5.94. The molecule has 1 aliphatic rings. The number of hydrogen-bond donors (Lipinski definition) is 1. The molecule has 1 aromatic rings. The second-order valence-electron chi connectivity index (χ2n) is 6.86. The van der Waals surface area contributed by atoms with Crippen molar-refractivity contribution in [3.8, 4) is 0 Å². The Morgan fingerprint density at radius 1 is 1.24 bits per heavy atom. The third kappa shape index (κ3) is 3.67. The van der Waals surface area contributed by atoms with Gasteiger partial charge in [0.05, 0.1) is 6.10 Å². The molecule has 118 valence electrons. The molecule has 0 aromatic heterocycles. The highest BCUT2D eigenvalue weighted by Crippen LogP contribution is 2.39. The highest BCUT2D eigenvalue weighted by Gasteiger charge is 2.41. The average molecular weight is 289 g/mol. The molecular formula is C19H31NO. The topological polar surface area (TPSA) is 21.3 Å². The molecule has 0 radical (unpaired) electrons. The van der Waals surface area contributed by atoms with Crippen LogP contribution in [-0.2, 0) is 11.2 Å². The largest absolute Gasteiger partial charge is 0.378 e. The van der Waals surface area contributed by atoms with Crippen molar-refractivity contribution < 1.29 is 4.74 Å². The Hall–Kier alpha value is -0.860. The van der Waals surface area contributed by atoms with Crippen LogP contribution in [0.1, 0.15) is 48.9 Å². The zero-order valence-corrected chi connectivity index (χ0v) is 14.4. The van der Waals surface area contributed by atoms with E-state index in [1.54, 1.807) is 0 Å². The lowest BCUT2D eigenvalue weighted by Crippen LogP contribution is -2.41. The minimum absolute atomic E-state index is 0.250. The summed E-state index contributed by atoms with van der Waals surface area (Å²) in [6, 6.07) is 4.63. The van der Waals surface area contributed by atoms with Crippen LogP contribution < -0.4 is 5.32 Å². The van der Waals surface area contributed by atoms with Crippen LogP contribution in [0.4, 0.5) is 0 Å². The second-order valence-corrected chi connectivity index (χ2v) is 6.86. The fourth-order valence-electron chi connectivity index (χ4n) is 3.70. The smallest absolute Gasteiger partial charge is 0.0619 e. The molecule has 2 atom stereocenters. The highest BCUT2D eigenvalue weighted by atomic mass is 16.5. The van der Waals surface area contributed by atoms with Crippen molar-refractivity contribution in [3.05, 3.63) is 34.4 Å². The first-order valence-electron chi connectivity index (χ1n) is 8.37. The van der Waals surface area contributed by atoms with E-state index in [2.05, 4.69) is 52.1 Å². The molecule has 1 N–H and O–H groups in total. The van der Waals surface area contributed by atoms with Crippen molar-refractivity contribution in [3.63, 3.8) is 0 Å². The van der Waals surface area contributed by atoms with Crippen molar-refractivity contribution in [2.24, 2.45) is 5.41 Å². The van der Waals surface area contributed by atoms with Crippen LogP contribution in [0.2, 0.25) is 0 Å². The monoisotopic (exact) mass is 289 g/mol. The summed E-state index contributed by atoms with van der Waals surface area (Å²) in [7, 11) is 0. The van der Waals surface area contributed by atoms with Crippen LogP contribution in [0, 0.1) is 26.2 Å². The van der Waals surface area contributed by atoms with Gasteiger partial charge in [-0.1, -0.05) is 24.6 Å². The molecule has 1 aromatic carbocycles. The molecule has 0 bridgehead atoms. The average Bonchev–Trinajstić information content (AvgIpc) is 2.76. The highest BCUT2D eigenvalue weighted by molar-refractivity contribution is 5.38. The van der Waals surface area contributed by atoms with E-state index < -0.39 is 0 Å². The third-order valence-electron chi connectivity index (χ3n) is 5.10. The standard InChI is InChI=1S/C19H31NO/c1-6-8-20-13-19(7-9-21-17(19)5)12-18-15(3)10-14(2)11-16(18)4/h10-11,17,20H,6-9,12-13H2,1-5H3. The summed E-state index contributed by atoms with van der Waals surface area (Å²) in [4.78, 5) is 0. The predicted octanol–water partition coefficient (Wildman–Crippen LogP) is 3.95. The van der Waals surface area contributed by atoms with Gasteiger partial charge in [0, 0.05) is 18.6 Å². The summed E-state index contributed by atoms with van der Waals surface area (Å²) >= 11 is 0. The number of rotatable bonds is 6. The predicted molar refractivity (Wildman–Crippen MR) is 90.0 cm³/mol. The van der Waals surface area contributed by atoms with Crippen molar-refractivity contribution in [2.45, 2.75) is 60.0 Å². The van der Waals surface area contributed by atoms with E-state index in [-0.39, 0.29) is 5.41 Å². The zero-order valence-electron chi connectivity index (χ0n) is 14.4. The molecular weight excluding hydrogens is 258 g/mol. The fraction of sp³-hybridized carbons (Fsp3) is 0.684. The number of ether oxygens (including phenoxy) is 1. The quantitative estimate of drug-likeness (QED) is 0.801. The summed E-state index contributed by atoms with van der Waals surface area (Å²) in [5.74, 6) is 0. The molecule has 0 aliphatic carbocycles. The Labute approximate surface area is 130 Å². The van der Waals surface area contributed by atoms with Crippen LogP contribution in [0.5, 0.6) is 0 Å². The van der Waals surface area contributed by atoms with Crippen molar-refractivity contribution in [1.82, 2.24) is 5.32 Å². The molecule has 0 amide bonds. The lowest BCUT2D eigenvalue weighted by atomic mass is 9.74. The van der Waals surface area contributed by atoms with Crippen molar-refractivity contribution >= 4 is 0 Å². The Balaban J connectivity index is 2.23. The fourth-order valence-corrected chi connectivity index (χ4v) is 3.70. The normalized spacial score (nSPS) is 25.5. The van der Waals surface area contributed by atoms with E-state index in [4.69, 9.17) is 4.74 Å². The zero-order chi connectivity index (χ0) is 15.5. The Bertz CT molecular complexity index is 459. The van der Waals surface area contributed by atoms with Gasteiger partial charge in [0.2, 0.25) is 0 Å². The van der Waals surface area contributed by atoms with Crippen LogP contribution in [0.3, 0.4) is 0 Å². The van der Waals surface area contributed by atoms with E-state index >= 15 is 0 Å². The lowest BCUT2D eigenvalue weighted by molar-refractivity contribution is 0.0630. The van der Waals surface area contributed by atoms with Gasteiger partial charge in [0.1, 0.15) is 0 Å². The van der Waals surface area contributed by atoms with Crippen LogP contribution in [-0.4, -0.2) is 25.8 Å². The van der Waals surface area contributed by atoms with Crippen molar-refractivity contribution in [1.29, 1.82) is 0 Å². The first kappa shape index (κ1) is 16.5. The summed E-state index contributed by atoms with van der Waals surface area (Å²) in [5, 5.41) is 3.64. The van der Waals surface area contributed by atoms with Crippen LogP contribution >= 0.6 is 0 Å².